The van der Waals surface area contributed by atoms with Crippen LogP contribution in [-0.4, -0.2) is 39.6 Å². The predicted octanol–water partition coefficient (Wildman–Crippen LogP) is 3.79. The largest absolute Gasteiger partial charge is 0.337 e. The number of carbonyl (C=O) groups is 2. The van der Waals surface area contributed by atoms with Crippen molar-refractivity contribution in [2.75, 3.05) is 18.4 Å². The third-order valence-corrected chi connectivity index (χ3v) is 6.05. The van der Waals surface area contributed by atoms with Crippen LogP contribution in [0.15, 0.2) is 54.0 Å². The standard InChI is InChI=1S/C22H24N4O2S/c1-16-5-2-6-17(13-16)14-26-20(9-10-23-26)24-21(27)18-7-3-11-25(15-18)22(28)19-8-4-12-29-19/h2,4-6,8-10,12-13,18H,3,7,11,14-15H2,1H3,(H,24,27)/t18-/m0/s1. The van der Waals surface area contributed by atoms with E-state index in [1.807, 2.05) is 29.6 Å². The van der Waals surface area contributed by atoms with Crippen LogP contribution in [0, 0.1) is 12.8 Å². The number of anilines is 1. The zero-order chi connectivity index (χ0) is 20.2. The maximum Gasteiger partial charge on any atom is 0.263 e. The number of nitrogens with one attached hydrogen (secondary N) is 1. The molecule has 1 fully saturated rings. The summed E-state index contributed by atoms with van der Waals surface area (Å²) < 4.78 is 1.80. The molecule has 0 aliphatic carbocycles. The van der Waals surface area contributed by atoms with Crippen LogP contribution in [-0.2, 0) is 11.3 Å². The van der Waals surface area contributed by atoms with E-state index < -0.39 is 0 Å². The molecular formula is C22H24N4O2S. The van der Waals surface area contributed by atoms with Crippen LogP contribution in [0.25, 0.3) is 0 Å². The molecule has 29 heavy (non-hydrogen) atoms. The van der Waals surface area contributed by atoms with E-state index in [1.54, 1.807) is 15.8 Å². The van der Waals surface area contributed by atoms with E-state index in [1.165, 1.54) is 16.9 Å². The average Bonchev–Trinajstić information content (AvgIpc) is 3.40. The number of aromatic nitrogens is 2. The number of rotatable bonds is 5. The molecule has 2 aromatic heterocycles. The van der Waals surface area contributed by atoms with Crippen molar-refractivity contribution in [3.63, 3.8) is 0 Å². The molecule has 1 saturated heterocycles. The third-order valence-electron chi connectivity index (χ3n) is 5.19. The number of carbonyl (C=O) groups excluding carboxylic acids is 2. The summed E-state index contributed by atoms with van der Waals surface area (Å²) >= 11 is 1.44. The summed E-state index contributed by atoms with van der Waals surface area (Å²) in [7, 11) is 0. The predicted molar refractivity (Wildman–Crippen MR) is 114 cm³/mol. The zero-order valence-electron chi connectivity index (χ0n) is 16.4. The first kappa shape index (κ1) is 19.4. The highest BCUT2D eigenvalue weighted by molar-refractivity contribution is 7.12. The van der Waals surface area contributed by atoms with Gasteiger partial charge in [0.15, 0.2) is 0 Å². The minimum Gasteiger partial charge on any atom is -0.337 e. The second kappa shape index (κ2) is 8.61. The number of likely N-dealkylation sites (tertiary alicyclic amines) is 1. The van der Waals surface area contributed by atoms with Gasteiger partial charge in [-0.15, -0.1) is 11.3 Å². The Balaban J connectivity index is 1.40. The monoisotopic (exact) mass is 408 g/mol. The molecule has 2 amide bonds. The minimum atomic E-state index is -0.213. The molecule has 1 aliphatic heterocycles. The van der Waals surface area contributed by atoms with Crippen LogP contribution in [0.2, 0.25) is 0 Å². The highest BCUT2D eigenvalue weighted by Gasteiger charge is 2.29. The van der Waals surface area contributed by atoms with Gasteiger partial charge in [0.1, 0.15) is 5.82 Å². The Hall–Kier alpha value is -2.93. The Labute approximate surface area is 174 Å². The fourth-order valence-corrected chi connectivity index (χ4v) is 4.40. The van der Waals surface area contributed by atoms with Gasteiger partial charge in [-0.2, -0.15) is 5.10 Å². The molecule has 6 nitrogen and oxygen atoms in total. The van der Waals surface area contributed by atoms with Crippen LogP contribution in [0.1, 0.15) is 33.6 Å². The van der Waals surface area contributed by atoms with E-state index in [2.05, 4.69) is 35.5 Å². The first-order valence-corrected chi connectivity index (χ1v) is 10.7. The Bertz CT molecular complexity index is 996. The lowest BCUT2D eigenvalue weighted by molar-refractivity contribution is -0.121. The maximum absolute atomic E-state index is 12.9. The van der Waals surface area contributed by atoms with E-state index >= 15 is 0 Å². The smallest absolute Gasteiger partial charge is 0.263 e. The van der Waals surface area contributed by atoms with Crippen molar-refractivity contribution in [3.05, 3.63) is 70.0 Å². The van der Waals surface area contributed by atoms with Crippen molar-refractivity contribution >= 4 is 29.0 Å². The first-order valence-electron chi connectivity index (χ1n) is 9.81. The number of nitrogens with zero attached hydrogens (tertiary/aromatic N) is 3. The van der Waals surface area contributed by atoms with E-state index in [0.717, 1.165) is 23.3 Å². The lowest BCUT2D eigenvalue weighted by Gasteiger charge is -2.31. The molecule has 0 spiro atoms. The molecule has 1 aromatic carbocycles. The molecule has 1 atom stereocenters. The summed E-state index contributed by atoms with van der Waals surface area (Å²) in [5, 5.41) is 9.27. The number of benzene rings is 1. The topological polar surface area (TPSA) is 67.2 Å². The summed E-state index contributed by atoms with van der Waals surface area (Å²) in [5.74, 6) is 0.426. The quantitative estimate of drug-likeness (QED) is 0.698. The molecule has 0 bridgehead atoms. The van der Waals surface area contributed by atoms with Crippen molar-refractivity contribution in [2.45, 2.75) is 26.3 Å². The molecule has 3 aromatic rings. The molecule has 4 rings (SSSR count). The van der Waals surface area contributed by atoms with E-state index in [9.17, 15) is 9.59 Å². The van der Waals surface area contributed by atoms with Crippen LogP contribution in [0.4, 0.5) is 5.82 Å². The van der Waals surface area contributed by atoms with Gasteiger partial charge >= 0.3 is 0 Å². The fraction of sp³-hybridized carbons (Fsp3) is 0.318. The highest BCUT2D eigenvalue weighted by atomic mass is 32.1. The SMILES string of the molecule is Cc1cccc(Cn2nccc2NC(=O)[C@H]2CCCN(C(=O)c3cccs3)C2)c1. The van der Waals surface area contributed by atoms with Crippen molar-refractivity contribution < 1.29 is 9.59 Å². The molecule has 7 heteroatoms. The molecule has 1 N–H and O–H groups in total. The summed E-state index contributed by atoms with van der Waals surface area (Å²) in [6, 6.07) is 13.8. The molecule has 0 unspecified atom stereocenters. The number of thiophene rings is 1. The van der Waals surface area contributed by atoms with E-state index in [0.29, 0.717) is 25.5 Å². The third kappa shape index (κ3) is 4.56. The minimum absolute atomic E-state index is 0.0157. The average molecular weight is 409 g/mol. The van der Waals surface area contributed by atoms with Gasteiger partial charge < -0.3 is 10.2 Å². The lowest BCUT2D eigenvalue weighted by atomic mass is 9.97. The molecule has 0 saturated carbocycles. The Morgan fingerprint density at radius 1 is 1.24 bits per heavy atom. The second-order valence-electron chi connectivity index (χ2n) is 7.42. The maximum atomic E-state index is 12.9. The van der Waals surface area contributed by atoms with Gasteiger partial charge in [-0.25, -0.2) is 4.68 Å². The number of hydrogen-bond donors (Lipinski definition) is 1. The van der Waals surface area contributed by atoms with E-state index in [-0.39, 0.29) is 17.7 Å². The van der Waals surface area contributed by atoms with Crippen molar-refractivity contribution in [1.29, 1.82) is 0 Å². The fourth-order valence-electron chi connectivity index (χ4n) is 3.71. The van der Waals surface area contributed by atoms with Crippen LogP contribution >= 0.6 is 11.3 Å². The lowest BCUT2D eigenvalue weighted by Crippen LogP contribution is -2.43. The van der Waals surface area contributed by atoms with Gasteiger partial charge in [0, 0.05) is 19.2 Å². The number of piperidine rings is 1. The molecule has 0 radical (unpaired) electrons. The molecule has 150 valence electrons. The zero-order valence-corrected chi connectivity index (χ0v) is 17.2. The van der Waals surface area contributed by atoms with Crippen LogP contribution < -0.4 is 5.32 Å². The van der Waals surface area contributed by atoms with Crippen molar-refractivity contribution in [2.24, 2.45) is 5.92 Å². The number of amides is 2. The molecule has 1 aliphatic rings. The van der Waals surface area contributed by atoms with Gasteiger partial charge in [0.2, 0.25) is 5.91 Å². The van der Waals surface area contributed by atoms with Crippen molar-refractivity contribution in [1.82, 2.24) is 14.7 Å². The van der Waals surface area contributed by atoms with Gasteiger partial charge in [0.05, 0.1) is 23.5 Å². The van der Waals surface area contributed by atoms with Gasteiger partial charge in [-0.05, 0) is 36.8 Å². The van der Waals surface area contributed by atoms with Gasteiger partial charge in [-0.3, -0.25) is 9.59 Å². The summed E-state index contributed by atoms with van der Waals surface area (Å²) in [6.07, 6.45) is 3.31. The number of aryl methyl sites for hydroxylation is 1. The number of hydrogen-bond acceptors (Lipinski definition) is 4. The highest BCUT2D eigenvalue weighted by Crippen LogP contribution is 2.22. The molecular weight excluding hydrogens is 384 g/mol. The van der Waals surface area contributed by atoms with Crippen molar-refractivity contribution in [3.8, 4) is 0 Å². The Morgan fingerprint density at radius 2 is 2.14 bits per heavy atom. The van der Waals surface area contributed by atoms with Gasteiger partial charge in [0.25, 0.3) is 5.91 Å². The first-order chi connectivity index (χ1) is 14.1. The summed E-state index contributed by atoms with van der Waals surface area (Å²) in [5.41, 5.74) is 2.33. The Kier molecular flexibility index (Phi) is 5.76. The second-order valence-corrected chi connectivity index (χ2v) is 8.37. The summed E-state index contributed by atoms with van der Waals surface area (Å²) in [4.78, 5) is 28.0. The normalized spacial score (nSPS) is 16.6. The van der Waals surface area contributed by atoms with Gasteiger partial charge in [-0.1, -0.05) is 35.9 Å². The van der Waals surface area contributed by atoms with Crippen LogP contribution in [0.5, 0.6) is 0 Å². The van der Waals surface area contributed by atoms with Crippen LogP contribution in [0.3, 0.4) is 0 Å². The summed E-state index contributed by atoms with van der Waals surface area (Å²) in [6.45, 7) is 3.81. The Morgan fingerprint density at radius 3 is 2.93 bits per heavy atom. The molecule has 3 heterocycles. The van der Waals surface area contributed by atoms with E-state index in [4.69, 9.17) is 0 Å².